The second-order valence-electron chi connectivity index (χ2n) is 10.7. The Labute approximate surface area is 246 Å². The van der Waals surface area contributed by atoms with Crippen LogP contribution in [0.1, 0.15) is 56.1 Å². The van der Waals surface area contributed by atoms with E-state index in [4.69, 9.17) is 13.8 Å². The average Bonchev–Trinajstić information content (AvgIpc) is 3.37. The second-order valence-corrected chi connectivity index (χ2v) is 13.0. The fourth-order valence-electron chi connectivity index (χ4n) is 6.11. The molecule has 0 bridgehead atoms. The van der Waals surface area contributed by atoms with E-state index in [2.05, 4.69) is 50.3 Å². The number of hydrogen-bond acceptors (Lipinski definition) is 8. The van der Waals surface area contributed by atoms with Crippen molar-refractivity contribution >= 4 is 20.8 Å². The lowest BCUT2D eigenvalue weighted by Crippen LogP contribution is -2.47. The first-order valence-corrected chi connectivity index (χ1v) is 16.4. The average molecular weight is 623 g/mol. The van der Waals surface area contributed by atoms with Gasteiger partial charge in [0, 0.05) is 31.0 Å². The standard InChI is InChI=1S/C29H33FN2O.H2O7S2/c30-26-9-7-25(8-10-26)28(16-20-33-29(22-28)13-3-4-14-29)15-19-32-21-24-5-1-2-6-27(24)23-11-17-31-18-12-23;1-8(2,3)7-9(4,5)6/h1-2,5-12,17-18,32H,3-4,13-16,19-22H2;(H,1,2,3)(H,4,5,6)/t28-;/m1./s1. The summed E-state index contributed by atoms with van der Waals surface area (Å²) in [6.07, 6.45) is 11.6. The Kier molecular flexibility index (Phi) is 10.5. The van der Waals surface area contributed by atoms with Gasteiger partial charge in [0.15, 0.2) is 0 Å². The summed E-state index contributed by atoms with van der Waals surface area (Å²) in [6, 6.07) is 19.9. The number of halogens is 1. The fourth-order valence-corrected chi connectivity index (χ4v) is 6.98. The molecule has 0 amide bonds. The Morgan fingerprint density at radius 2 is 1.55 bits per heavy atom. The van der Waals surface area contributed by atoms with E-state index in [1.165, 1.54) is 35.1 Å². The van der Waals surface area contributed by atoms with Crippen LogP contribution in [0.15, 0.2) is 73.1 Å². The Morgan fingerprint density at radius 3 is 2.17 bits per heavy atom. The van der Waals surface area contributed by atoms with Crippen LogP contribution in [0.3, 0.4) is 0 Å². The number of pyridine rings is 1. The number of nitrogens with one attached hydrogen (secondary N) is 1. The minimum atomic E-state index is -5.12. The molecule has 2 aromatic carbocycles. The predicted molar refractivity (Wildman–Crippen MR) is 155 cm³/mol. The van der Waals surface area contributed by atoms with Crippen LogP contribution in [0, 0.1) is 5.82 Å². The van der Waals surface area contributed by atoms with Crippen LogP contribution < -0.4 is 5.32 Å². The summed E-state index contributed by atoms with van der Waals surface area (Å²) in [7, 11) is -10.2. The van der Waals surface area contributed by atoms with Crippen molar-refractivity contribution in [2.24, 2.45) is 0 Å². The number of rotatable bonds is 9. The molecular formula is C29H35FN2O8S2. The van der Waals surface area contributed by atoms with E-state index in [0.29, 0.717) is 0 Å². The van der Waals surface area contributed by atoms with E-state index in [0.717, 1.165) is 51.8 Å². The van der Waals surface area contributed by atoms with Crippen LogP contribution in [0.5, 0.6) is 0 Å². The van der Waals surface area contributed by atoms with E-state index < -0.39 is 20.8 Å². The zero-order chi connectivity index (χ0) is 30.3. The maximum absolute atomic E-state index is 13.7. The third-order valence-electron chi connectivity index (χ3n) is 7.90. The molecule has 3 aromatic rings. The maximum Gasteiger partial charge on any atom is 0.413 e. The third kappa shape index (κ3) is 9.11. The number of nitrogens with zero attached hydrogens (tertiary/aromatic N) is 1. The van der Waals surface area contributed by atoms with Gasteiger partial charge in [-0.05, 0) is 85.2 Å². The minimum absolute atomic E-state index is 0.0145. The Bertz CT molecular complexity index is 1500. The lowest BCUT2D eigenvalue weighted by Gasteiger charge is -2.47. The summed E-state index contributed by atoms with van der Waals surface area (Å²) in [5.74, 6) is -0.164. The first-order valence-electron chi connectivity index (χ1n) is 13.6. The molecule has 3 N–H and O–H groups in total. The van der Waals surface area contributed by atoms with Gasteiger partial charge in [0.05, 0.1) is 5.60 Å². The molecule has 228 valence electrons. The molecule has 1 spiro atoms. The summed E-state index contributed by atoms with van der Waals surface area (Å²) >= 11 is 0. The van der Waals surface area contributed by atoms with E-state index >= 15 is 0 Å². The SMILES string of the molecule is Fc1ccc([C@]2(CCNCc3ccccc3-c3ccncc3)CCOC3(CCCC3)C2)cc1.O=S(=O)(O)OS(=O)(=O)O. The molecule has 2 aliphatic rings. The lowest BCUT2D eigenvalue weighted by atomic mass is 9.66. The van der Waals surface area contributed by atoms with Gasteiger partial charge in [0.1, 0.15) is 5.82 Å². The van der Waals surface area contributed by atoms with Gasteiger partial charge in [0.25, 0.3) is 0 Å². The molecule has 2 fully saturated rings. The number of ether oxygens (including phenoxy) is 1. The smallest absolute Gasteiger partial charge is 0.375 e. The molecule has 0 unspecified atom stereocenters. The number of aromatic nitrogens is 1. The van der Waals surface area contributed by atoms with Gasteiger partial charge in [-0.2, -0.15) is 16.8 Å². The zero-order valence-electron chi connectivity index (χ0n) is 23.0. The summed E-state index contributed by atoms with van der Waals surface area (Å²) in [5.41, 5.74) is 5.04. The van der Waals surface area contributed by atoms with E-state index in [1.54, 1.807) is 12.1 Å². The van der Waals surface area contributed by atoms with Crippen LogP contribution in [0.4, 0.5) is 4.39 Å². The normalized spacial score (nSPS) is 20.2. The first-order chi connectivity index (χ1) is 19.9. The summed E-state index contributed by atoms with van der Waals surface area (Å²) < 4.78 is 75.6. The predicted octanol–water partition coefficient (Wildman–Crippen LogP) is 5.04. The zero-order valence-corrected chi connectivity index (χ0v) is 24.6. The van der Waals surface area contributed by atoms with E-state index in [1.807, 2.05) is 24.5 Å². The molecule has 10 nitrogen and oxygen atoms in total. The van der Waals surface area contributed by atoms with Crippen molar-refractivity contribution in [2.75, 3.05) is 13.2 Å². The first kappa shape index (κ1) is 32.1. The monoisotopic (exact) mass is 622 g/mol. The van der Waals surface area contributed by atoms with Gasteiger partial charge in [-0.15, -0.1) is 3.63 Å². The van der Waals surface area contributed by atoms with Gasteiger partial charge < -0.3 is 10.1 Å². The van der Waals surface area contributed by atoms with Crippen molar-refractivity contribution in [1.29, 1.82) is 0 Å². The summed E-state index contributed by atoms with van der Waals surface area (Å²) in [5, 5.41) is 3.71. The van der Waals surface area contributed by atoms with Crippen molar-refractivity contribution < 1.29 is 38.7 Å². The topological polar surface area (TPSA) is 152 Å². The highest BCUT2D eigenvalue weighted by Crippen LogP contribution is 2.50. The highest BCUT2D eigenvalue weighted by molar-refractivity contribution is 7.94. The van der Waals surface area contributed by atoms with Crippen LogP contribution in [0.25, 0.3) is 11.1 Å². The minimum Gasteiger partial charge on any atom is -0.375 e. The number of benzene rings is 2. The van der Waals surface area contributed by atoms with Crippen LogP contribution >= 0.6 is 0 Å². The molecule has 42 heavy (non-hydrogen) atoms. The van der Waals surface area contributed by atoms with Crippen LogP contribution in [-0.4, -0.2) is 49.7 Å². The summed E-state index contributed by atoms with van der Waals surface area (Å²) in [6.45, 7) is 2.53. The van der Waals surface area contributed by atoms with Gasteiger partial charge in [-0.1, -0.05) is 49.2 Å². The Balaban J connectivity index is 0.000000392. The van der Waals surface area contributed by atoms with Crippen molar-refractivity contribution in [3.05, 3.63) is 90.0 Å². The Morgan fingerprint density at radius 1 is 0.905 bits per heavy atom. The second kappa shape index (κ2) is 13.7. The van der Waals surface area contributed by atoms with Gasteiger partial charge in [-0.3, -0.25) is 14.1 Å². The van der Waals surface area contributed by atoms with Crippen LogP contribution in [0.2, 0.25) is 0 Å². The van der Waals surface area contributed by atoms with Crippen LogP contribution in [-0.2, 0) is 41.1 Å². The molecule has 1 saturated heterocycles. The molecule has 5 rings (SSSR count). The van der Waals surface area contributed by atoms with Crippen molar-refractivity contribution in [2.45, 2.75) is 62.5 Å². The van der Waals surface area contributed by atoms with Crippen molar-refractivity contribution in [1.82, 2.24) is 10.3 Å². The molecule has 0 radical (unpaired) electrons. The lowest BCUT2D eigenvalue weighted by molar-refractivity contribution is -0.103. The van der Waals surface area contributed by atoms with Crippen molar-refractivity contribution in [3.63, 3.8) is 0 Å². The number of hydrogen-bond donors (Lipinski definition) is 3. The third-order valence-corrected chi connectivity index (χ3v) is 9.27. The largest absolute Gasteiger partial charge is 0.413 e. The highest BCUT2D eigenvalue weighted by atomic mass is 32.3. The molecule has 1 saturated carbocycles. The van der Waals surface area contributed by atoms with E-state index in [9.17, 15) is 21.2 Å². The Hall–Kier alpha value is -2.78. The van der Waals surface area contributed by atoms with Gasteiger partial charge >= 0.3 is 20.8 Å². The molecule has 1 atom stereocenters. The summed E-state index contributed by atoms with van der Waals surface area (Å²) in [4.78, 5) is 4.15. The van der Waals surface area contributed by atoms with Gasteiger partial charge in [0.2, 0.25) is 0 Å². The van der Waals surface area contributed by atoms with Crippen molar-refractivity contribution in [3.8, 4) is 11.1 Å². The highest BCUT2D eigenvalue weighted by Gasteiger charge is 2.47. The molecule has 1 aliphatic carbocycles. The molecule has 1 aliphatic heterocycles. The molecular weight excluding hydrogens is 587 g/mol. The molecule has 13 heteroatoms. The van der Waals surface area contributed by atoms with E-state index in [-0.39, 0.29) is 16.8 Å². The van der Waals surface area contributed by atoms with Gasteiger partial charge in [-0.25, -0.2) is 4.39 Å². The fraction of sp³-hybridized carbons (Fsp3) is 0.414. The molecule has 1 aromatic heterocycles. The molecule has 2 heterocycles. The quantitative estimate of drug-likeness (QED) is 0.219. The maximum atomic E-state index is 13.7.